The van der Waals surface area contributed by atoms with Crippen LogP contribution in [0.25, 0.3) is 0 Å². The lowest BCUT2D eigenvalue weighted by Crippen LogP contribution is -2.47. The van der Waals surface area contributed by atoms with E-state index in [4.69, 9.17) is 4.74 Å². The molecule has 1 fully saturated rings. The zero-order valence-corrected chi connectivity index (χ0v) is 12.0. The maximum absolute atomic E-state index is 12.0. The van der Waals surface area contributed by atoms with Gasteiger partial charge in [-0.3, -0.25) is 9.59 Å². The van der Waals surface area contributed by atoms with Gasteiger partial charge in [0, 0.05) is 12.1 Å². The Kier molecular flexibility index (Phi) is 6.80. The number of hydrogen-bond donors (Lipinski definition) is 3. The van der Waals surface area contributed by atoms with Gasteiger partial charge in [0.1, 0.15) is 0 Å². The third-order valence-corrected chi connectivity index (χ3v) is 2.95. The molecule has 0 aromatic heterocycles. The Morgan fingerprint density at radius 3 is 2.68 bits per heavy atom. The summed E-state index contributed by atoms with van der Waals surface area (Å²) >= 11 is 0. The highest BCUT2D eigenvalue weighted by Crippen LogP contribution is 2.13. The zero-order valence-electron chi connectivity index (χ0n) is 12.0. The van der Waals surface area contributed by atoms with E-state index in [1.54, 1.807) is 0 Å². The first kappa shape index (κ1) is 15.9. The molecule has 2 amide bonds. The van der Waals surface area contributed by atoms with Gasteiger partial charge in [0.25, 0.3) is 0 Å². The smallest absolute Gasteiger partial charge is 0.239 e. The van der Waals surface area contributed by atoms with Gasteiger partial charge in [-0.1, -0.05) is 6.92 Å². The van der Waals surface area contributed by atoms with Crippen LogP contribution in [0.1, 0.15) is 27.2 Å². The van der Waals surface area contributed by atoms with Gasteiger partial charge in [-0.05, 0) is 26.8 Å². The molecule has 2 unspecified atom stereocenters. The number of carbonyl (C=O) groups excluding carboxylic acids is 2. The molecule has 110 valence electrons. The number of carbonyl (C=O) groups is 2. The van der Waals surface area contributed by atoms with Crippen LogP contribution in [0.4, 0.5) is 0 Å². The average molecular weight is 271 g/mol. The highest BCUT2D eigenvalue weighted by molar-refractivity contribution is 5.86. The predicted molar refractivity (Wildman–Crippen MR) is 72.7 cm³/mol. The van der Waals surface area contributed by atoms with E-state index in [1.807, 2.05) is 13.8 Å². The fourth-order valence-corrected chi connectivity index (χ4v) is 2.02. The van der Waals surface area contributed by atoms with Crippen molar-refractivity contribution < 1.29 is 14.3 Å². The molecule has 3 N–H and O–H groups in total. The highest BCUT2D eigenvalue weighted by Gasteiger charge is 2.33. The molecule has 0 saturated carbocycles. The summed E-state index contributed by atoms with van der Waals surface area (Å²) in [4.78, 5) is 23.5. The lowest BCUT2D eigenvalue weighted by Gasteiger charge is -2.18. The number of nitrogens with one attached hydrogen (secondary N) is 3. The SMILES string of the molecule is CCCNC1COCC1C(=O)NCC(=O)NC(C)C. The monoisotopic (exact) mass is 271 g/mol. The van der Waals surface area contributed by atoms with Crippen molar-refractivity contribution in [2.45, 2.75) is 39.3 Å². The van der Waals surface area contributed by atoms with Crippen LogP contribution in [0.5, 0.6) is 0 Å². The molecule has 1 heterocycles. The minimum atomic E-state index is -0.210. The number of ether oxygens (including phenoxy) is 1. The third-order valence-electron chi connectivity index (χ3n) is 2.95. The van der Waals surface area contributed by atoms with Crippen LogP contribution in [-0.2, 0) is 14.3 Å². The molecular formula is C13H25N3O3. The minimum Gasteiger partial charge on any atom is -0.379 e. The summed E-state index contributed by atoms with van der Waals surface area (Å²) in [6, 6.07) is 0.131. The van der Waals surface area contributed by atoms with Crippen LogP contribution >= 0.6 is 0 Å². The van der Waals surface area contributed by atoms with Crippen molar-refractivity contribution in [1.29, 1.82) is 0 Å². The Balaban J connectivity index is 2.33. The van der Waals surface area contributed by atoms with Gasteiger partial charge >= 0.3 is 0 Å². The summed E-state index contributed by atoms with van der Waals surface area (Å²) in [5.74, 6) is -0.497. The van der Waals surface area contributed by atoms with E-state index in [2.05, 4.69) is 22.9 Å². The van der Waals surface area contributed by atoms with Gasteiger partial charge in [-0.2, -0.15) is 0 Å². The highest BCUT2D eigenvalue weighted by atomic mass is 16.5. The second-order valence-corrected chi connectivity index (χ2v) is 5.14. The molecule has 2 atom stereocenters. The molecule has 0 aliphatic carbocycles. The Morgan fingerprint density at radius 2 is 2.05 bits per heavy atom. The summed E-state index contributed by atoms with van der Waals surface area (Å²) in [5.41, 5.74) is 0. The molecule has 6 heteroatoms. The summed E-state index contributed by atoms with van der Waals surface area (Å²) < 4.78 is 5.34. The van der Waals surface area contributed by atoms with Gasteiger partial charge in [-0.25, -0.2) is 0 Å². The van der Waals surface area contributed by atoms with E-state index in [9.17, 15) is 9.59 Å². The van der Waals surface area contributed by atoms with Crippen molar-refractivity contribution in [2.75, 3.05) is 26.3 Å². The van der Waals surface area contributed by atoms with Gasteiger partial charge in [-0.15, -0.1) is 0 Å². The fourth-order valence-electron chi connectivity index (χ4n) is 2.02. The van der Waals surface area contributed by atoms with Crippen LogP contribution < -0.4 is 16.0 Å². The predicted octanol–water partition coefficient (Wildman–Crippen LogP) is -0.358. The van der Waals surface area contributed by atoms with Crippen molar-refractivity contribution in [3.05, 3.63) is 0 Å². The lowest BCUT2D eigenvalue weighted by atomic mass is 10.0. The molecule has 19 heavy (non-hydrogen) atoms. The standard InChI is InChI=1S/C13H25N3O3/c1-4-5-14-11-8-19-7-10(11)13(18)15-6-12(17)16-9(2)3/h9-11,14H,4-8H2,1-3H3,(H,15,18)(H,16,17). The van der Waals surface area contributed by atoms with Crippen molar-refractivity contribution in [2.24, 2.45) is 5.92 Å². The summed E-state index contributed by atoms with van der Waals surface area (Å²) in [6.45, 7) is 7.70. The second-order valence-electron chi connectivity index (χ2n) is 5.14. The Hall–Kier alpha value is -1.14. The quantitative estimate of drug-likeness (QED) is 0.591. The molecule has 1 saturated heterocycles. The van der Waals surface area contributed by atoms with E-state index < -0.39 is 0 Å². The van der Waals surface area contributed by atoms with Gasteiger partial charge < -0.3 is 20.7 Å². The Bertz CT molecular complexity index is 308. The van der Waals surface area contributed by atoms with E-state index >= 15 is 0 Å². The van der Waals surface area contributed by atoms with Gasteiger partial charge in [0.05, 0.1) is 25.7 Å². The third kappa shape index (κ3) is 5.57. The van der Waals surface area contributed by atoms with Crippen molar-refractivity contribution in [3.8, 4) is 0 Å². The largest absolute Gasteiger partial charge is 0.379 e. The molecule has 6 nitrogen and oxygen atoms in total. The van der Waals surface area contributed by atoms with Crippen molar-refractivity contribution >= 4 is 11.8 Å². The average Bonchev–Trinajstić information content (AvgIpc) is 2.80. The molecule has 0 aromatic rings. The molecule has 1 rings (SSSR count). The molecule has 0 aromatic carbocycles. The van der Waals surface area contributed by atoms with Crippen LogP contribution in [0, 0.1) is 5.92 Å². The topological polar surface area (TPSA) is 79.5 Å². The maximum Gasteiger partial charge on any atom is 0.239 e. The first-order chi connectivity index (χ1) is 9.04. The molecule has 0 radical (unpaired) electrons. The summed E-state index contributed by atoms with van der Waals surface area (Å²) in [6.07, 6.45) is 1.02. The van der Waals surface area contributed by atoms with Crippen molar-refractivity contribution in [3.63, 3.8) is 0 Å². The van der Waals surface area contributed by atoms with Crippen LogP contribution in [0.2, 0.25) is 0 Å². The molecular weight excluding hydrogens is 246 g/mol. The first-order valence-corrected chi connectivity index (χ1v) is 6.92. The molecule has 0 spiro atoms. The van der Waals surface area contributed by atoms with Crippen LogP contribution in [0.15, 0.2) is 0 Å². The lowest BCUT2D eigenvalue weighted by molar-refractivity contribution is -0.129. The Labute approximate surface area is 114 Å². The fraction of sp³-hybridized carbons (Fsp3) is 0.846. The van der Waals surface area contributed by atoms with Gasteiger partial charge in [0.15, 0.2) is 0 Å². The molecule has 0 bridgehead atoms. The van der Waals surface area contributed by atoms with E-state index in [0.29, 0.717) is 13.2 Å². The van der Waals surface area contributed by atoms with Gasteiger partial charge in [0.2, 0.25) is 11.8 Å². The summed E-state index contributed by atoms with van der Waals surface area (Å²) in [7, 11) is 0. The number of rotatable bonds is 7. The van der Waals surface area contributed by atoms with E-state index in [0.717, 1.165) is 13.0 Å². The van der Waals surface area contributed by atoms with E-state index in [1.165, 1.54) is 0 Å². The summed E-state index contributed by atoms with van der Waals surface area (Å²) in [5, 5.41) is 8.69. The van der Waals surface area contributed by atoms with Crippen LogP contribution in [-0.4, -0.2) is 50.2 Å². The Morgan fingerprint density at radius 1 is 1.32 bits per heavy atom. The number of hydrogen-bond acceptors (Lipinski definition) is 4. The normalized spacial score (nSPS) is 22.5. The van der Waals surface area contributed by atoms with Crippen LogP contribution in [0.3, 0.4) is 0 Å². The first-order valence-electron chi connectivity index (χ1n) is 6.92. The molecule has 1 aliphatic heterocycles. The second kappa shape index (κ2) is 8.12. The van der Waals surface area contributed by atoms with Crippen molar-refractivity contribution in [1.82, 2.24) is 16.0 Å². The molecule has 1 aliphatic rings. The van der Waals surface area contributed by atoms with E-state index in [-0.39, 0.29) is 36.4 Å². The number of amides is 2. The minimum absolute atomic E-state index is 0.0218. The maximum atomic E-state index is 12.0. The zero-order chi connectivity index (χ0) is 14.3.